The van der Waals surface area contributed by atoms with E-state index >= 15 is 0 Å². The van der Waals surface area contributed by atoms with E-state index in [4.69, 9.17) is 4.74 Å². The molecule has 19 heavy (non-hydrogen) atoms. The number of benzene rings is 2. The SMILES string of the molecule is COc1ccc(C(C)Nc2ccc(Br)cc2)cc1F. The Hall–Kier alpha value is -1.55. The minimum atomic E-state index is -0.343. The van der Waals surface area contributed by atoms with Gasteiger partial charge in [0.2, 0.25) is 0 Å². The number of ether oxygens (including phenoxy) is 1. The highest BCUT2D eigenvalue weighted by molar-refractivity contribution is 9.10. The molecule has 0 amide bonds. The van der Waals surface area contributed by atoms with Crippen molar-refractivity contribution in [3.8, 4) is 5.75 Å². The number of nitrogens with one attached hydrogen (secondary N) is 1. The molecule has 0 fully saturated rings. The highest BCUT2D eigenvalue weighted by Crippen LogP contribution is 2.25. The van der Waals surface area contributed by atoms with Crippen LogP contribution in [0.5, 0.6) is 5.75 Å². The summed E-state index contributed by atoms with van der Waals surface area (Å²) in [7, 11) is 1.46. The number of methoxy groups -OCH3 is 1. The van der Waals surface area contributed by atoms with Gasteiger partial charge in [0.05, 0.1) is 7.11 Å². The van der Waals surface area contributed by atoms with Gasteiger partial charge in [0.25, 0.3) is 0 Å². The van der Waals surface area contributed by atoms with Crippen LogP contribution in [-0.2, 0) is 0 Å². The molecule has 2 nitrogen and oxygen atoms in total. The molecule has 0 saturated heterocycles. The summed E-state index contributed by atoms with van der Waals surface area (Å²) < 4.78 is 19.6. The Bertz CT molecular complexity index is 557. The molecule has 1 N–H and O–H groups in total. The fourth-order valence-electron chi connectivity index (χ4n) is 1.83. The van der Waals surface area contributed by atoms with E-state index in [1.165, 1.54) is 13.2 Å². The van der Waals surface area contributed by atoms with Gasteiger partial charge in [-0.25, -0.2) is 4.39 Å². The van der Waals surface area contributed by atoms with Crippen molar-refractivity contribution in [3.05, 3.63) is 58.3 Å². The zero-order valence-corrected chi connectivity index (χ0v) is 12.4. The second kappa shape index (κ2) is 6.06. The van der Waals surface area contributed by atoms with E-state index in [-0.39, 0.29) is 17.6 Å². The minimum Gasteiger partial charge on any atom is -0.494 e. The summed E-state index contributed by atoms with van der Waals surface area (Å²) in [6.45, 7) is 1.99. The molecule has 4 heteroatoms. The molecular formula is C15H15BrFNO. The monoisotopic (exact) mass is 323 g/mol. The summed E-state index contributed by atoms with van der Waals surface area (Å²) in [5, 5.41) is 3.32. The molecule has 0 radical (unpaired) electrons. The third kappa shape index (κ3) is 3.47. The van der Waals surface area contributed by atoms with Crippen LogP contribution in [0.15, 0.2) is 46.9 Å². The van der Waals surface area contributed by atoms with Gasteiger partial charge in [-0.3, -0.25) is 0 Å². The maximum atomic E-state index is 13.6. The Balaban J connectivity index is 2.13. The molecule has 0 aliphatic carbocycles. The molecule has 100 valence electrons. The second-order valence-corrected chi connectivity index (χ2v) is 5.18. The predicted octanol–water partition coefficient (Wildman–Crippen LogP) is 4.77. The molecular weight excluding hydrogens is 309 g/mol. The zero-order valence-electron chi connectivity index (χ0n) is 10.8. The average molecular weight is 324 g/mol. The fourth-order valence-corrected chi connectivity index (χ4v) is 2.10. The van der Waals surface area contributed by atoms with Crippen molar-refractivity contribution in [1.82, 2.24) is 0 Å². The van der Waals surface area contributed by atoms with Crippen molar-refractivity contribution in [2.24, 2.45) is 0 Å². The lowest BCUT2D eigenvalue weighted by Crippen LogP contribution is -2.07. The van der Waals surface area contributed by atoms with Crippen LogP contribution in [0.4, 0.5) is 10.1 Å². The normalized spacial score (nSPS) is 12.0. The number of hydrogen-bond donors (Lipinski definition) is 1. The van der Waals surface area contributed by atoms with Crippen LogP contribution in [0.25, 0.3) is 0 Å². The van der Waals surface area contributed by atoms with Crippen LogP contribution in [0.1, 0.15) is 18.5 Å². The summed E-state index contributed by atoms with van der Waals surface area (Å²) in [6, 6.07) is 12.9. The average Bonchev–Trinajstić information content (AvgIpc) is 2.41. The highest BCUT2D eigenvalue weighted by Gasteiger charge is 2.09. The van der Waals surface area contributed by atoms with Gasteiger partial charge >= 0.3 is 0 Å². The van der Waals surface area contributed by atoms with Gasteiger partial charge < -0.3 is 10.1 Å². The second-order valence-electron chi connectivity index (χ2n) is 4.27. The lowest BCUT2D eigenvalue weighted by atomic mass is 10.1. The molecule has 0 aliphatic heterocycles. The third-order valence-electron chi connectivity index (χ3n) is 2.90. The van der Waals surface area contributed by atoms with Crippen molar-refractivity contribution in [3.63, 3.8) is 0 Å². The van der Waals surface area contributed by atoms with Crippen molar-refractivity contribution in [1.29, 1.82) is 0 Å². The van der Waals surface area contributed by atoms with E-state index in [1.54, 1.807) is 6.07 Å². The van der Waals surface area contributed by atoms with Crippen LogP contribution in [-0.4, -0.2) is 7.11 Å². The molecule has 1 atom stereocenters. The van der Waals surface area contributed by atoms with Crippen LogP contribution < -0.4 is 10.1 Å². The Labute approximate surface area is 120 Å². The first kappa shape index (κ1) is 13.9. The quantitative estimate of drug-likeness (QED) is 0.875. The number of hydrogen-bond acceptors (Lipinski definition) is 2. The van der Waals surface area contributed by atoms with E-state index in [2.05, 4.69) is 21.2 Å². The maximum Gasteiger partial charge on any atom is 0.165 e. The van der Waals surface area contributed by atoms with Crippen LogP contribution in [0.3, 0.4) is 0 Å². The molecule has 0 heterocycles. The molecule has 2 rings (SSSR count). The Morgan fingerprint density at radius 3 is 2.42 bits per heavy atom. The number of anilines is 1. The zero-order chi connectivity index (χ0) is 13.8. The lowest BCUT2D eigenvalue weighted by Gasteiger charge is -2.16. The van der Waals surface area contributed by atoms with E-state index < -0.39 is 0 Å². The van der Waals surface area contributed by atoms with Gasteiger partial charge in [-0.05, 0) is 48.9 Å². The summed E-state index contributed by atoms with van der Waals surface area (Å²) in [4.78, 5) is 0. The first-order valence-corrected chi connectivity index (χ1v) is 6.75. The highest BCUT2D eigenvalue weighted by atomic mass is 79.9. The Morgan fingerprint density at radius 1 is 1.16 bits per heavy atom. The van der Waals surface area contributed by atoms with Gasteiger partial charge in [0.15, 0.2) is 11.6 Å². The van der Waals surface area contributed by atoms with Crippen LogP contribution in [0.2, 0.25) is 0 Å². The van der Waals surface area contributed by atoms with Gasteiger partial charge in [-0.15, -0.1) is 0 Å². The van der Waals surface area contributed by atoms with Gasteiger partial charge in [0, 0.05) is 16.2 Å². The van der Waals surface area contributed by atoms with Gasteiger partial charge in [-0.1, -0.05) is 22.0 Å². The van der Waals surface area contributed by atoms with Crippen LogP contribution in [0, 0.1) is 5.82 Å². The first-order valence-electron chi connectivity index (χ1n) is 5.95. The molecule has 0 aliphatic rings. The van der Waals surface area contributed by atoms with Crippen LogP contribution >= 0.6 is 15.9 Å². The first-order chi connectivity index (χ1) is 9.10. The summed E-state index contributed by atoms with van der Waals surface area (Å²) in [5.41, 5.74) is 1.87. The van der Waals surface area contributed by atoms with E-state index in [0.717, 1.165) is 15.7 Å². The molecule has 0 bridgehead atoms. The molecule has 0 spiro atoms. The topological polar surface area (TPSA) is 21.3 Å². The summed E-state index contributed by atoms with van der Waals surface area (Å²) >= 11 is 3.39. The fraction of sp³-hybridized carbons (Fsp3) is 0.200. The summed E-state index contributed by atoms with van der Waals surface area (Å²) in [6.07, 6.45) is 0. The van der Waals surface area contributed by atoms with Gasteiger partial charge in [-0.2, -0.15) is 0 Å². The molecule has 2 aromatic carbocycles. The molecule has 0 saturated carbocycles. The largest absolute Gasteiger partial charge is 0.494 e. The Kier molecular flexibility index (Phi) is 4.43. The number of halogens is 2. The Morgan fingerprint density at radius 2 is 1.84 bits per heavy atom. The van der Waals surface area contributed by atoms with Gasteiger partial charge in [0.1, 0.15) is 0 Å². The molecule has 1 unspecified atom stereocenters. The maximum absolute atomic E-state index is 13.6. The van der Waals surface area contributed by atoms with Crippen molar-refractivity contribution in [2.75, 3.05) is 12.4 Å². The lowest BCUT2D eigenvalue weighted by molar-refractivity contribution is 0.386. The molecule has 2 aromatic rings. The predicted molar refractivity (Wildman–Crippen MR) is 79.1 cm³/mol. The number of rotatable bonds is 4. The van der Waals surface area contributed by atoms with Crippen molar-refractivity contribution < 1.29 is 9.13 Å². The van der Waals surface area contributed by atoms with Crippen molar-refractivity contribution >= 4 is 21.6 Å². The van der Waals surface area contributed by atoms with E-state index in [1.807, 2.05) is 37.3 Å². The van der Waals surface area contributed by atoms with E-state index in [0.29, 0.717) is 0 Å². The van der Waals surface area contributed by atoms with E-state index in [9.17, 15) is 4.39 Å². The standard InChI is InChI=1S/C15H15BrFNO/c1-10(18-13-6-4-12(16)5-7-13)11-3-8-15(19-2)14(17)9-11/h3-10,18H,1-2H3. The summed E-state index contributed by atoms with van der Waals surface area (Å²) in [5.74, 6) is -0.0796. The van der Waals surface area contributed by atoms with Crippen molar-refractivity contribution in [2.45, 2.75) is 13.0 Å². The minimum absolute atomic E-state index is 0.0154. The molecule has 0 aromatic heterocycles. The third-order valence-corrected chi connectivity index (χ3v) is 3.43. The smallest absolute Gasteiger partial charge is 0.165 e.